The Hall–Kier alpha value is -2.09. The zero-order valence-corrected chi connectivity index (χ0v) is 19.5. The number of hydrogen-bond donors (Lipinski definition) is 2. The Labute approximate surface area is 202 Å². The largest absolute Gasteiger partial charge is 0.482 e. The summed E-state index contributed by atoms with van der Waals surface area (Å²) in [5, 5.41) is 5.38. The van der Waals surface area contributed by atoms with Crippen LogP contribution >= 0.6 is 58.0 Å². The number of rotatable bonds is 6. The molecule has 1 aromatic heterocycles. The second kappa shape index (κ2) is 10.0. The molecule has 11 heteroatoms. The summed E-state index contributed by atoms with van der Waals surface area (Å²) in [4.78, 5) is 23.4. The molecule has 0 fully saturated rings. The molecule has 0 aliphatic rings. The van der Waals surface area contributed by atoms with Crippen LogP contribution in [-0.2, 0) is 11.4 Å². The van der Waals surface area contributed by atoms with Gasteiger partial charge in [0.2, 0.25) is 5.91 Å². The van der Waals surface area contributed by atoms with E-state index in [2.05, 4.69) is 10.6 Å². The number of carbonyl (C=O) groups is 2. The van der Waals surface area contributed by atoms with Crippen LogP contribution in [0.2, 0.25) is 25.1 Å². The predicted molar refractivity (Wildman–Crippen MR) is 123 cm³/mol. The Morgan fingerprint density at radius 1 is 0.806 bits per heavy atom. The molecule has 162 valence electrons. The van der Waals surface area contributed by atoms with Gasteiger partial charge in [0.25, 0.3) is 5.91 Å². The lowest BCUT2D eigenvalue weighted by Gasteiger charge is -2.12. The van der Waals surface area contributed by atoms with E-state index < -0.39 is 5.91 Å². The van der Waals surface area contributed by atoms with Crippen LogP contribution in [0.1, 0.15) is 23.2 Å². The summed E-state index contributed by atoms with van der Waals surface area (Å²) in [6.07, 6.45) is 0. The molecule has 3 rings (SSSR count). The first-order valence-electron chi connectivity index (χ1n) is 8.59. The van der Waals surface area contributed by atoms with Gasteiger partial charge in [-0.15, -0.1) is 0 Å². The summed E-state index contributed by atoms with van der Waals surface area (Å²) < 4.78 is 11.1. The molecule has 2 N–H and O–H groups in total. The molecular formula is C20H13Cl5N2O4. The van der Waals surface area contributed by atoms with Crippen LogP contribution in [0.25, 0.3) is 0 Å². The summed E-state index contributed by atoms with van der Waals surface area (Å²) in [7, 11) is 0. The highest BCUT2D eigenvalue weighted by atomic mass is 35.5. The fourth-order valence-electron chi connectivity index (χ4n) is 2.47. The average molecular weight is 523 g/mol. The third-order valence-electron chi connectivity index (χ3n) is 3.88. The molecule has 1 heterocycles. The van der Waals surface area contributed by atoms with E-state index >= 15 is 0 Å². The predicted octanol–water partition coefficient (Wildman–Crippen LogP) is 7.34. The van der Waals surface area contributed by atoms with Crippen molar-refractivity contribution in [2.45, 2.75) is 13.5 Å². The molecule has 3 aromatic rings. The Morgan fingerprint density at radius 3 is 1.87 bits per heavy atom. The first-order chi connectivity index (χ1) is 14.7. The molecule has 31 heavy (non-hydrogen) atoms. The third kappa shape index (κ3) is 5.59. The number of benzene rings is 2. The van der Waals surface area contributed by atoms with Gasteiger partial charge in [0.1, 0.15) is 22.4 Å². The number of hydrogen-bond acceptors (Lipinski definition) is 4. The number of halogens is 5. The molecule has 0 saturated carbocycles. The van der Waals surface area contributed by atoms with Crippen molar-refractivity contribution in [3.63, 3.8) is 0 Å². The minimum atomic E-state index is -0.466. The molecule has 2 aromatic carbocycles. The topological polar surface area (TPSA) is 80.6 Å². The van der Waals surface area contributed by atoms with Crippen molar-refractivity contribution in [1.82, 2.24) is 0 Å². The van der Waals surface area contributed by atoms with Crippen LogP contribution < -0.4 is 15.4 Å². The lowest BCUT2D eigenvalue weighted by Crippen LogP contribution is -2.11. The lowest BCUT2D eigenvalue weighted by molar-refractivity contribution is -0.114. The van der Waals surface area contributed by atoms with Gasteiger partial charge in [0, 0.05) is 18.3 Å². The van der Waals surface area contributed by atoms with Crippen molar-refractivity contribution in [1.29, 1.82) is 0 Å². The maximum atomic E-state index is 12.4. The Balaban J connectivity index is 1.65. The average Bonchev–Trinajstić information content (AvgIpc) is 3.21. The van der Waals surface area contributed by atoms with Crippen LogP contribution in [0, 0.1) is 0 Å². The van der Waals surface area contributed by atoms with E-state index in [1.165, 1.54) is 13.0 Å². The number of ether oxygens (including phenoxy) is 1. The van der Waals surface area contributed by atoms with E-state index in [4.69, 9.17) is 67.2 Å². The van der Waals surface area contributed by atoms with Crippen molar-refractivity contribution in [2.24, 2.45) is 0 Å². The number of furan rings is 1. The standard InChI is InChI=1S/C20H13Cl5N2O4/c1-9(28)26-10-2-4-11(5-3-10)27-20(29)13-7-6-12(31-13)8-30-19-17(24)15(22)14(21)16(23)18(19)25/h2-7H,8H2,1H3,(H,26,28)(H,27,29). The highest BCUT2D eigenvalue weighted by Crippen LogP contribution is 2.48. The second-order valence-electron chi connectivity index (χ2n) is 6.17. The van der Waals surface area contributed by atoms with Gasteiger partial charge in [-0.25, -0.2) is 0 Å². The zero-order chi connectivity index (χ0) is 22.7. The Kier molecular flexibility index (Phi) is 7.62. The fourth-order valence-corrected chi connectivity index (χ4v) is 3.70. The van der Waals surface area contributed by atoms with Crippen molar-refractivity contribution >= 4 is 81.2 Å². The van der Waals surface area contributed by atoms with E-state index in [1.807, 2.05) is 0 Å². The minimum Gasteiger partial charge on any atom is -0.482 e. The van der Waals surface area contributed by atoms with Gasteiger partial charge in [-0.05, 0) is 36.4 Å². The summed E-state index contributed by atoms with van der Waals surface area (Å²) in [6, 6.07) is 9.67. The zero-order valence-electron chi connectivity index (χ0n) is 15.7. The van der Waals surface area contributed by atoms with Crippen LogP contribution in [0.5, 0.6) is 5.75 Å². The third-order valence-corrected chi connectivity index (χ3v) is 6.12. The van der Waals surface area contributed by atoms with Crippen molar-refractivity contribution < 1.29 is 18.7 Å². The van der Waals surface area contributed by atoms with Crippen LogP contribution in [0.4, 0.5) is 11.4 Å². The molecule has 0 radical (unpaired) electrons. The first-order valence-corrected chi connectivity index (χ1v) is 10.5. The molecule has 0 atom stereocenters. The smallest absolute Gasteiger partial charge is 0.291 e. The van der Waals surface area contributed by atoms with Gasteiger partial charge >= 0.3 is 0 Å². The molecule has 0 unspecified atom stereocenters. The second-order valence-corrected chi connectivity index (χ2v) is 8.06. The number of nitrogens with one attached hydrogen (secondary N) is 2. The van der Waals surface area contributed by atoms with Gasteiger partial charge in [-0.3, -0.25) is 9.59 Å². The maximum absolute atomic E-state index is 12.4. The summed E-state index contributed by atoms with van der Waals surface area (Å²) in [5.41, 5.74) is 1.14. The van der Waals surface area contributed by atoms with E-state index in [0.717, 1.165) is 0 Å². The molecule has 6 nitrogen and oxygen atoms in total. The van der Waals surface area contributed by atoms with Gasteiger partial charge in [0.15, 0.2) is 11.5 Å². The monoisotopic (exact) mass is 520 g/mol. The number of anilines is 2. The van der Waals surface area contributed by atoms with E-state index in [1.54, 1.807) is 30.3 Å². The van der Waals surface area contributed by atoms with Crippen LogP contribution in [-0.4, -0.2) is 11.8 Å². The summed E-state index contributed by atoms with van der Waals surface area (Å²) in [6.45, 7) is 1.32. The normalized spacial score (nSPS) is 10.6. The minimum absolute atomic E-state index is 0.00768. The molecule has 0 aliphatic carbocycles. The molecule has 0 aliphatic heterocycles. The summed E-state index contributed by atoms with van der Waals surface area (Å²) in [5.74, 6) is -0.209. The molecule has 0 spiro atoms. The summed E-state index contributed by atoms with van der Waals surface area (Å²) >= 11 is 30.2. The molecule has 2 amide bonds. The molecule has 0 saturated heterocycles. The van der Waals surface area contributed by atoms with E-state index in [-0.39, 0.29) is 49.1 Å². The van der Waals surface area contributed by atoms with Crippen LogP contribution in [0.3, 0.4) is 0 Å². The quantitative estimate of drug-likeness (QED) is 0.262. The Bertz CT molecular complexity index is 1120. The maximum Gasteiger partial charge on any atom is 0.291 e. The molecular weight excluding hydrogens is 509 g/mol. The Morgan fingerprint density at radius 2 is 1.32 bits per heavy atom. The SMILES string of the molecule is CC(=O)Nc1ccc(NC(=O)c2ccc(COc3c(Cl)c(Cl)c(Cl)c(Cl)c3Cl)o2)cc1. The van der Waals surface area contributed by atoms with Gasteiger partial charge in [-0.1, -0.05) is 58.0 Å². The van der Waals surface area contributed by atoms with Crippen molar-refractivity contribution in [3.8, 4) is 5.75 Å². The first kappa shape index (κ1) is 23.6. The van der Waals surface area contributed by atoms with Gasteiger partial charge in [0.05, 0.1) is 15.1 Å². The molecule has 0 bridgehead atoms. The van der Waals surface area contributed by atoms with E-state index in [9.17, 15) is 9.59 Å². The van der Waals surface area contributed by atoms with Gasteiger partial charge in [-0.2, -0.15) is 0 Å². The highest BCUT2D eigenvalue weighted by Gasteiger charge is 2.21. The van der Waals surface area contributed by atoms with Crippen molar-refractivity contribution in [3.05, 3.63) is 73.0 Å². The van der Waals surface area contributed by atoms with Gasteiger partial charge < -0.3 is 19.8 Å². The number of amides is 2. The van der Waals surface area contributed by atoms with Crippen LogP contribution in [0.15, 0.2) is 40.8 Å². The lowest BCUT2D eigenvalue weighted by atomic mass is 10.2. The van der Waals surface area contributed by atoms with Crippen molar-refractivity contribution in [2.75, 3.05) is 10.6 Å². The fraction of sp³-hybridized carbons (Fsp3) is 0.100. The van der Waals surface area contributed by atoms with E-state index in [0.29, 0.717) is 17.1 Å². The number of carbonyl (C=O) groups excluding carboxylic acids is 2. The highest BCUT2D eigenvalue weighted by molar-refractivity contribution is 6.55.